The number of hydrogen-bond donors (Lipinski definition) is 0. The van der Waals surface area contributed by atoms with E-state index in [4.69, 9.17) is 0 Å². The van der Waals surface area contributed by atoms with Crippen LogP contribution in [0.25, 0.3) is 10.4 Å². The maximum atomic E-state index is 13.4. The number of halogens is 1. The minimum absolute atomic E-state index is 0.198. The Morgan fingerprint density at radius 3 is 2.74 bits per heavy atom. The van der Waals surface area contributed by atoms with Crippen LogP contribution in [-0.2, 0) is 11.3 Å². The summed E-state index contributed by atoms with van der Waals surface area (Å²) in [5, 5.41) is 0. The SMILES string of the molecule is O=C(C[C@H]1C=CCC1)N1CCN(Cc2ccc(-c3cccc(F)c3)s2)CC1. The Balaban J connectivity index is 1.28. The van der Waals surface area contributed by atoms with Gasteiger partial charge >= 0.3 is 0 Å². The summed E-state index contributed by atoms with van der Waals surface area (Å²) in [6.45, 7) is 4.36. The van der Waals surface area contributed by atoms with Gasteiger partial charge in [-0.2, -0.15) is 0 Å². The molecule has 1 aromatic carbocycles. The molecule has 1 aliphatic heterocycles. The Labute approximate surface area is 164 Å². The Kier molecular flexibility index (Phi) is 5.69. The molecular weight excluding hydrogens is 359 g/mol. The van der Waals surface area contributed by atoms with Crippen molar-refractivity contribution in [3.8, 4) is 10.4 Å². The van der Waals surface area contributed by atoms with Gasteiger partial charge < -0.3 is 4.90 Å². The molecule has 1 aromatic heterocycles. The van der Waals surface area contributed by atoms with Crippen LogP contribution in [-0.4, -0.2) is 41.9 Å². The Morgan fingerprint density at radius 2 is 2.00 bits per heavy atom. The fourth-order valence-electron chi connectivity index (χ4n) is 3.85. The largest absolute Gasteiger partial charge is 0.340 e. The second-order valence-electron chi connectivity index (χ2n) is 7.40. The van der Waals surface area contributed by atoms with Gasteiger partial charge in [-0.1, -0.05) is 24.3 Å². The highest BCUT2D eigenvalue weighted by molar-refractivity contribution is 7.15. The van der Waals surface area contributed by atoms with E-state index < -0.39 is 0 Å². The molecule has 1 amide bonds. The minimum atomic E-state index is -0.198. The summed E-state index contributed by atoms with van der Waals surface area (Å²) in [6, 6.07) is 11.0. The van der Waals surface area contributed by atoms with Crippen molar-refractivity contribution in [3.05, 3.63) is 59.2 Å². The molecule has 142 valence electrons. The third kappa shape index (κ3) is 4.66. The lowest BCUT2D eigenvalue weighted by Gasteiger charge is -2.35. The molecule has 0 spiro atoms. The number of piperazine rings is 1. The first-order valence-electron chi connectivity index (χ1n) is 9.69. The summed E-state index contributed by atoms with van der Waals surface area (Å²) >= 11 is 1.72. The van der Waals surface area contributed by atoms with E-state index in [-0.39, 0.29) is 5.82 Å². The molecule has 0 unspecified atom stereocenters. The Hall–Kier alpha value is -1.98. The highest BCUT2D eigenvalue weighted by Crippen LogP contribution is 2.29. The normalized spacial score (nSPS) is 20.3. The second kappa shape index (κ2) is 8.36. The summed E-state index contributed by atoms with van der Waals surface area (Å²) in [5.41, 5.74) is 0.933. The van der Waals surface area contributed by atoms with Crippen molar-refractivity contribution in [3.63, 3.8) is 0 Å². The van der Waals surface area contributed by atoms with Crippen LogP contribution in [0.15, 0.2) is 48.6 Å². The predicted octanol–water partition coefficient (Wildman–Crippen LogP) is 4.55. The average Bonchev–Trinajstić information content (AvgIpc) is 3.34. The highest BCUT2D eigenvalue weighted by Gasteiger charge is 2.23. The quantitative estimate of drug-likeness (QED) is 0.706. The van der Waals surface area contributed by atoms with Crippen molar-refractivity contribution in [1.29, 1.82) is 0 Å². The monoisotopic (exact) mass is 384 g/mol. The molecule has 0 N–H and O–H groups in total. The minimum Gasteiger partial charge on any atom is -0.340 e. The van der Waals surface area contributed by atoms with E-state index >= 15 is 0 Å². The number of hydrogen-bond acceptors (Lipinski definition) is 3. The zero-order valence-corrected chi connectivity index (χ0v) is 16.3. The van der Waals surface area contributed by atoms with Gasteiger partial charge in [0, 0.05) is 48.9 Å². The van der Waals surface area contributed by atoms with E-state index in [1.165, 1.54) is 10.9 Å². The van der Waals surface area contributed by atoms with Gasteiger partial charge in [-0.05, 0) is 48.6 Å². The van der Waals surface area contributed by atoms with Gasteiger partial charge in [0.15, 0.2) is 0 Å². The lowest BCUT2D eigenvalue weighted by Crippen LogP contribution is -2.48. The third-order valence-corrected chi connectivity index (χ3v) is 6.54. The molecule has 1 fully saturated rings. The summed E-state index contributed by atoms with van der Waals surface area (Å²) < 4.78 is 13.4. The average molecular weight is 385 g/mol. The summed E-state index contributed by atoms with van der Waals surface area (Å²) in [7, 11) is 0. The van der Waals surface area contributed by atoms with Crippen LogP contribution < -0.4 is 0 Å². The predicted molar refractivity (Wildman–Crippen MR) is 108 cm³/mol. The van der Waals surface area contributed by atoms with Gasteiger partial charge in [-0.15, -0.1) is 11.3 Å². The molecular formula is C22H25FN2OS. The molecule has 4 rings (SSSR count). The zero-order chi connectivity index (χ0) is 18.6. The fourth-order valence-corrected chi connectivity index (χ4v) is 4.90. The zero-order valence-electron chi connectivity index (χ0n) is 15.4. The van der Waals surface area contributed by atoms with E-state index in [9.17, 15) is 9.18 Å². The van der Waals surface area contributed by atoms with E-state index in [0.29, 0.717) is 18.2 Å². The third-order valence-electron chi connectivity index (χ3n) is 5.42. The lowest BCUT2D eigenvalue weighted by molar-refractivity contribution is -0.133. The molecule has 2 aliphatic rings. The molecule has 0 radical (unpaired) electrons. The number of carbonyl (C=O) groups is 1. The van der Waals surface area contributed by atoms with Crippen LogP contribution in [0.5, 0.6) is 0 Å². The molecule has 1 saturated heterocycles. The van der Waals surface area contributed by atoms with Gasteiger partial charge in [0.2, 0.25) is 5.91 Å². The van der Waals surface area contributed by atoms with Crippen molar-refractivity contribution in [1.82, 2.24) is 9.80 Å². The standard InChI is InChI=1S/C22H25FN2OS/c23-19-7-3-6-18(15-19)21-9-8-20(27-21)16-24-10-12-25(13-11-24)22(26)14-17-4-1-2-5-17/h1,3-4,6-9,15,17H,2,5,10-14,16H2/t17-/m0/s1. The van der Waals surface area contributed by atoms with Crippen LogP contribution in [0, 0.1) is 11.7 Å². The number of amides is 1. The van der Waals surface area contributed by atoms with E-state index in [1.54, 1.807) is 23.5 Å². The Bertz CT molecular complexity index is 823. The molecule has 3 nitrogen and oxygen atoms in total. The van der Waals surface area contributed by atoms with Gasteiger partial charge in [0.05, 0.1) is 0 Å². The second-order valence-corrected chi connectivity index (χ2v) is 8.57. The van der Waals surface area contributed by atoms with E-state index in [0.717, 1.165) is 56.0 Å². The number of nitrogens with zero attached hydrogens (tertiary/aromatic N) is 2. The molecule has 1 atom stereocenters. The Morgan fingerprint density at radius 1 is 1.15 bits per heavy atom. The number of rotatable bonds is 5. The first kappa shape index (κ1) is 18.4. The van der Waals surface area contributed by atoms with Crippen molar-refractivity contribution in [2.24, 2.45) is 5.92 Å². The van der Waals surface area contributed by atoms with E-state index in [2.05, 4.69) is 29.2 Å². The molecule has 5 heteroatoms. The first-order chi connectivity index (χ1) is 13.2. The van der Waals surface area contributed by atoms with Crippen molar-refractivity contribution < 1.29 is 9.18 Å². The van der Waals surface area contributed by atoms with Gasteiger partial charge in [0.1, 0.15) is 5.82 Å². The van der Waals surface area contributed by atoms with Crippen molar-refractivity contribution in [2.75, 3.05) is 26.2 Å². The van der Waals surface area contributed by atoms with Crippen LogP contribution in [0.4, 0.5) is 4.39 Å². The number of benzene rings is 1. The van der Waals surface area contributed by atoms with Crippen LogP contribution >= 0.6 is 11.3 Å². The van der Waals surface area contributed by atoms with Gasteiger partial charge in [-0.25, -0.2) is 4.39 Å². The van der Waals surface area contributed by atoms with E-state index in [1.807, 2.05) is 11.0 Å². The molecule has 1 aliphatic carbocycles. The van der Waals surface area contributed by atoms with Crippen molar-refractivity contribution >= 4 is 17.2 Å². The number of carbonyl (C=O) groups excluding carboxylic acids is 1. The van der Waals surface area contributed by atoms with Gasteiger partial charge in [0.25, 0.3) is 0 Å². The number of allylic oxidation sites excluding steroid dienone is 2. The topological polar surface area (TPSA) is 23.6 Å². The summed E-state index contributed by atoms with van der Waals surface area (Å²) in [5.74, 6) is 0.551. The highest BCUT2D eigenvalue weighted by atomic mass is 32.1. The fraction of sp³-hybridized carbons (Fsp3) is 0.409. The smallest absolute Gasteiger partial charge is 0.223 e. The maximum absolute atomic E-state index is 13.4. The first-order valence-corrected chi connectivity index (χ1v) is 10.5. The molecule has 0 saturated carbocycles. The van der Waals surface area contributed by atoms with Crippen LogP contribution in [0.3, 0.4) is 0 Å². The number of thiophene rings is 1. The molecule has 2 aromatic rings. The maximum Gasteiger partial charge on any atom is 0.223 e. The van der Waals surface area contributed by atoms with Gasteiger partial charge in [-0.3, -0.25) is 9.69 Å². The summed E-state index contributed by atoms with van der Waals surface area (Å²) in [4.78, 5) is 19.3. The van der Waals surface area contributed by atoms with Crippen molar-refractivity contribution in [2.45, 2.75) is 25.8 Å². The molecule has 0 bridgehead atoms. The van der Waals surface area contributed by atoms with Crippen LogP contribution in [0.2, 0.25) is 0 Å². The van der Waals surface area contributed by atoms with Crippen LogP contribution in [0.1, 0.15) is 24.1 Å². The summed E-state index contributed by atoms with van der Waals surface area (Å²) in [6.07, 6.45) is 7.29. The lowest BCUT2D eigenvalue weighted by atomic mass is 10.0. The molecule has 2 heterocycles. The molecule has 27 heavy (non-hydrogen) atoms.